The van der Waals surface area contributed by atoms with Crippen molar-refractivity contribution in [3.8, 4) is 17.0 Å². The third-order valence-electron chi connectivity index (χ3n) is 4.40. The number of alkyl halides is 2. The molecule has 0 radical (unpaired) electrons. The average molecular weight is 474 g/mol. The SMILES string of the molecule is CC(C)Sc1ccc(OC(F)F)c(-c2nn(CC(=O)O)cc2Nc2cnn3cccnc23)c1. The molecule has 9 nitrogen and oxygen atoms in total. The Hall–Kier alpha value is -3.67. The van der Waals surface area contributed by atoms with Crippen molar-refractivity contribution in [1.29, 1.82) is 0 Å². The van der Waals surface area contributed by atoms with Crippen LogP contribution < -0.4 is 10.1 Å². The number of anilines is 2. The number of benzene rings is 1. The summed E-state index contributed by atoms with van der Waals surface area (Å²) in [5, 5.41) is 21.2. The van der Waals surface area contributed by atoms with Crippen molar-refractivity contribution < 1.29 is 23.4 Å². The average Bonchev–Trinajstić information content (AvgIpc) is 3.32. The van der Waals surface area contributed by atoms with Gasteiger partial charge in [-0.25, -0.2) is 9.50 Å². The molecule has 0 atom stereocenters. The van der Waals surface area contributed by atoms with Gasteiger partial charge in [0.2, 0.25) is 0 Å². The number of carboxylic acid groups (broad SMARTS) is 1. The quantitative estimate of drug-likeness (QED) is 0.341. The molecule has 0 bridgehead atoms. The Bertz CT molecular complexity index is 1290. The number of hydrogen-bond donors (Lipinski definition) is 2. The number of nitrogens with one attached hydrogen (secondary N) is 1. The number of carboxylic acids is 1. The van der Waals surface area contributed by atoms with E-state index < -0.39 is 19.1 Å². The Balaban J connectivity index is 1.83. The lowest BCUT2D eigenvalue weighted by molar-refractivity contribution is -0.137. The summed E-state index contributed by atoms with van der Waals surface area (Å²) in [7, 11) is 0. The van der Waals surface area contributed by atoms with E-state index in [0.29, 0.717) is 22.6 Å². The maximum Gasteiger partial charge on any atom is 0.387 e. The standard InChI is InChI=1S/C21H20F2N6O3S/c1-12(2)33-13-4-5-17(32-21(22)23)14(8-13)19-16(10-28(27-19)11-18(30)31)26-15-9-25-29-7-3-6-24-20(15)29/h3-10,12,21,26H,11H2,1-2H3,(H,30,31). The summed E-state index contributed by atoms with van der Waals surface area (Å²) in [6.45, 7) is 0.586. The van der Waals surface area contributed by atoms with E-state index in [4.69, 9.17) is 4.74 Å². The molecular formula is C21H20F2N6O3S. The summed E-state index contributed by atoms with van der Waals surface area (Å²) in [6.07, 6.45) is 6.38. The highest BCUT2D eigenvalue weighted by Gasteiger charge is 2.21. The van der Waals surface area contributed by atoms with E-state index >= 15 is 0 Å². The van der Waals surface area contributed by atoms with Crippen LogP contribution in [0, 0.1) is 0 Å². The van der Waals surface area contributed by atoms with E-state index in [1.165, 1.54) is 16.9 Å². The molecule has 2 N–H and O–H groups in total. The molecule has 0 spiro atoms. The van der Waals surface area contributed by atoms with Crippen LogP contribution >= 0.6 is 11.8 Å². The molecule has 3 aromatic heterocycles. The lowest BCUT2D eigenvalue weighted by Crippen LogP contribution is -2.09. The van der Waals surface area contributed by atoms with Crippen molar-refractivity contribution >= 4 is 34.8 Å². The molecule has 0 fully saturated rings. The second kappa shape index (κ2) is 9.45. The first kappa shape index (κ1) is 22.5. The summed E-state index contributed by atoms with van der Waals surface area (Å²) in [5.74, 6) is -1.17. The number of nitrogens with zero attached hydrogens (tertiary/aromatic N) is 5. The minimum absolute atomic E-state index is 0.0697. The molecule has 0 amide bonds. The van der Waals surface area contributed by atoms with Gasteiger partial charge < -0.3 is 15.2 Å². The minimum atomic E-state index is -3.03. The first-order valence-corrected chi connectivity index (χ1v) is 10.8. The monoisotopic (exact) mass is 474 g/mol. The predicted molar refractivity (Wildman–Crippen MR) is 119 cm³/mol. The lowest BCUT2D eigenvalue weighted by atomic mass is 10.1. The summed E-state index contributed by atoms with van der Waals surface area (Å²) in [5.41, 5.74) is 2.02. The Morgan fingerprint density at radius 2 is 2.12 bits per heavy atom. The van der Waals surface area contributed by atoms with Gasteiger partial charge in [0.25, 0.3) is 0 Å². The molecular weight excluding hydrogens is 454 g/mol. The van der Waals surface area contributed by atoms with Gasteiger partial charge in [0.1, 0.15) is 23.7 Å². The minimum Gasteiger partial charge on any atom is -0.480 e. The van der Waals surface area contributed by atoms with Crippen molar-refractivity contribution in [2.24, 2.45) is 0 Å². The van der Waals surface area contributed by atoms with Crippen LogP contribution in [0.15, 0.2) is 53.9 Å². The number of ether oxygens (including phenoxy) is 1. The normalized spacial score (nSPS) is 11.5. The fraction of sp³-hybridized carbons (Fsp3) is 0.238. The van der Waals surface area contributed by atoms with Crippen LogP contribution in [0.5, 0.6) is 5.75 Å². The van der Waals surface area contributed by atoms with Crippen molar-refractivity contribution in [1.82, 2.24) is 24.4 Å². The van der Waals surface area contributed by atoms with Crippen molar-refractivity contribution in [3.05, 3.63) is 49.1 Å². The maximum atomic E-state index is 13.1. The summed E-state index contributed by atoms with van der Waals surface area (Å²) in [6, 6.07) is 6.59. The number of halogens is 2. The number of fused-ring (bicyclic) bond motifs is 1. The van der Waals surface area contributed by atoms with Gasteiger partial charge in [0.15, 0.2) is 5.65 Å². The molecule has 0 saturated carbocycles. The van der Waals surface area contributed by atoms with Gasteiger partial charge in [-0.1, -0.05) is 13.8 Å². The van der Waals surface area contributed by atoms with Gasteiger partial charge in [0.05, 0.1) is 11.9 Å². The summed E-state index contributed by atoms with van der Waals surface area (Å²) < 4.78 is 33.8. The number of rotatable bonds is 9. The Morgan fingerprint density at radius 3 is 2.85 bits per heavy atom. The number of thioether (sulfide) groups is 1. The van der Waals surface area contributed by atoms with Crippen LogP contribution in [0.1, 0.15) is 13.8 Å². The molecule has 33 heavy (non-hydrogen) atoms. The van der Waals surface area contributed by atoms with Gasteiger partial charge in [-0.15, -0.1) is 11.8 Å². The van der Waals surface area contributed by atoms with Crippen LogP contribution in [-0.4, -0.2) is 47.3 Å². The third-order valence-corrected chi connectivity index (χ3v) is 5.40. The molecule has 4 aromatic rings. The van der Waals surface area contributed by atoms with Crippen LogP contribution in [0.25, 0.3) is 16.9 Å². The fourth-order valence-electron chi connectivity index (χ4n) is 3.23. The topological polar surface area (TPSA) is 107 Å². The molecule has 0 aliphatic heterocycles. The van der Waals surface area contributed by atoms with Gasteiger partial charge in [-0.05, 0) is 24.3 Å². The molecule has 0 unspecified atom stereocenters. The summed E-state index contributed by atoms with van der Waals surface area (Å²) in [4.78, 5) is 16.4. The van der Waals surface area contributed by atoms with E-state index in [1.54, 1.807) is 53.1 Å². The van der Waals surface area contributed by atoms with Crippen molar-refractivity contribution in [2.75, 3.05) is 5.32 Å². The van der Waals surface area contributed by atoms with E-state index in [1.807, 2.05) is 13.8 Å². The molecule has 3 heterocycles. The Morgan fingerprint density at radius 1 is 1.30 bits per heavy atom. The zero-order chi connectivity index (χ0) is 23.5. The smallest absolute Gasteiger partial charge is 0.387 e. The molecule has 172 valence electrons. The highest BCUT2D eigenvalue weighted by atomic mass is 32.2. The lowest BCUT2D eigenvalue weighted by Gasteiger charge is -2.13. The third kappa shape index (κ3) is 5.22. The highest BCUT2D eigenvalue weighted by Crippen LogP contribution is 2.39. The largest absolute Gasteiger partial charge is 0.480 e. The maximum absolute atomic E-state index is 13.1. The van der Waals surface area contributed by atoms with Crippen molar-refractivity contribution in [2.45, 2.75) is 37.1 Å². The van der Waals surface area contributed by atoms with Crippen molar-refractivity contribution in [3.63, 3.8) is 0 Å². The van der Waals surface area contributed by atoms with E-state index in [0.717, 1.165) is 4.90 Å². The fourth-order valence-corrected chi connectivity index (χ4v) is 4.11. The second-order valence-corrected chi connectivity index (χ2v) is 8.91. The molecule has 0 aliphatic rings. The Kier molecular flexibility index (Phi) is 6.45. The number of hydrogen-bond acceptors (Lipinski definition) is 7. The Labute approximate surface area is 191 Å². The number of aromatic nitrogens is 5. The molecule has 0 saturated heterocycles. The molecule has 4 rings (SSSR count). The number of carbonyl (C=O) groups is 1. The van der Waals surface area contributed by atoms with E-state index in [-0.39, 0.29) is 16.7 Å². The van der Waals surface area contributed by atoms with Crippen LogP contribution in [0.3, 0.4) is 0 Å². The van der Waals surface area contributed by atoms with Crippen LogP contribution in [-0.2, 0) is 11.3 Å². The molecule has 12 heteroatoms. The predicted octanol–water partition coefficient (Wildman–Crippen LogP) is 4.52. The van der Waals surface area contributed by atoms with Crippen LogP contribution in [0.4, 0.5) is 20.2 Å². The zero-order valence-electron chi connectivity index (χ0n) is 17.6. The van der Waals surface area contributed by atoms with Crippen LogP contribution in [0.2, 0.25) is 0 Å². The zero-order valence-corrected chi connectivity index (χ0v) is 18.5. The van der Waals surface area contributed by atoms with Gasteiger partial charge in [-0.2, -0.15) is 19.0 Å². The van der Waals surface area contributed by atoms with Gasteiger partial charge in [0, 0.05) is 34.3 Å². The van der Waals surface area contributed by atoms with Gasteiger partial charge in [-0.3, -0.25) is 9.48 Å². The molecule has 0 aliphatic carbocycles. The first-order valence-electron chi connectivity index (χ1n) is 9.90. The summed E-state index contributed by atoms with van der Waals surface area (Å²) >= 11 is 1.55. The molecule has 1 aromatic carbocycles. The highest BCUT2D eigenvalue weighted by molar-refractivity contribution is 7.99. The van der Waals surface area contributed by atoms with E-state index in [2.05, 4.69) is 20.5 Å². The second-order valence-electron chi connectivity index (χ2n) is 7.26. The van der Waals surface area contributed by atoms with Gasteiger partial charge >= 0.3 is 12.6 Å². The number of aliphatic carboxylic acids is 1. The van der Waals surface area contributed by atoms with E-state index in [9.17, 15) is 18.7 Å². The first-order chi connectivity index (χ1) is 15.8.